The summed E-state index contributed by atoms with van der Waals surface area (Å²) in [5.41, 5.74) is 0.680. The monoisotopic (exact) mass is 248 g/mol. The quantitative estimate of drug-likeness (QED) is 0.646. The van der Waals surface area contributed by atoms with Gasteiger partial charge in [0.05, 0.1) is 0 Å². The second-order valence-electron chi connectivity index (χ2n) is 3.66. The maximum atomic E-state index is 5.80. The van der Waals surface area contributed by atoms with Gasteiger partial charge in [-0.15, -0.1) is 10.2 Å². The Hall–Kier alpha value is -1.95. The highest BCUT2D eigenvalue weighted by Gasteiger charge is 2.15. The van der Waals surface area contributed by atoms with Crippen LogP contribution in [0.1, 0.15) is 18.8 Å². The zero-order chi connectivity index (χ0) is 11.8. The van der Waals surface area contributed by atoms with Crippen molar-refractivity contribution in [3.63, 3.8) is 0 Å². The molecular formula is C10H9ClN6. The fourth-order valence-corrected chi connectivity index (χ4v) is 1.84. The molecule has 0 aliphatic rings. The minimum Gasteiger partial charge on any atom is -0.267 e. The summed E-state index contributed by atoms with van der Waals surface area (Å²) in [4.78, 5) is 4.02. The second-order valence-corrected chi connectivity index (χ2v) is 4.05. The number of halogens is 1. The molecule has 0 saturated heterocycles. The van der Waals surface area contributed by atoms with Crippen molar-refractivity contribution >= 4 is 17.2 Å². The van der Waals surface area contributed by atoms with E-state index in [9.17, 15) is 0 Å². The van der Waals surface area contributed by atoms with Crippen LogP contribution in [0.5, 0.6) is 0 Å². The minimum atomic E-state index is -0.0111. The molecular weight excluding hydrogens is 240 g/mol. The molecule has 0 bridgehead atoms. The molecule has 1 atom stereocenters. The predicted octanol–water partition coefficient (Wildman–Crippen LogP) is 1.58. The van der Waals surface area contributed by atoms with Gasteiger partial charge in [-0.2, -0.15) is 5.10 Å². The number of hydrogen-bond acceptors (Lipinski definition) is 4. The number of fused-ring (bicyclic) bond motifs is 1. The van der Waals surface area contributed by atoms with Crippen LogP contribution in [0.2, 0.25) is 5.15 Å². The van der Waals surface area contributed by atoms with Gasteiger partial charge in [0.15, 0.2) is 11.5 Å². The Bertz CT molecular complexity index is 644. The first-order chi connectivity index (χ1) is 8.25. The predicted molar refractivity (Wildman–Crippen MR) is 61.8 cm³/mol. The standard InChI is InChI=1S/C10H9ClN6/c1-7(17-4-2-3-13-17)10-15-14-9-5-8(11)12-6-16(9)10/h2-7H,1H3. The van der Waals surface area contributed by atoms with Gasteiger partial charge in [-0.05, 0) is 13.0 Å². The third-order valence-electron chi connectivity index (χ3n) is 2.59. The van der Waals surface area contributed by atoms with Crippen molar-refractivity contribution < 1.29 is 0 Å². The van der Waals surface area contributed by atoms with Crippen LogP contribution in [0.4, 0.5) is 0 Å². The molecule has 0 aromatic carbocycles. The van der Waals surface area contributed by atoms with Gasteiger partial charge in [-0.3, -0.25) is 9.08 Å². The van der Waals surface area contributed by atoms with Crippen LogP contribution in [0.15, 0.2) is 30.9 Å². The van der Waals surface area contributed by atoms with Crippen LogP contribution in [-0.4, -0.2) is 29.4 Å². The fraction of sp³-hybridized carbons (Fsp3) is 0.200. The Balaban J connectivity index is 2.12. The van der Waals surface area contributed by atoms with Gasteiger partial charge >= 0.3 is 0 Å². The lowest BCUT2D eigenvalue weighted by Crippen LogP contribution is -2.11. The molecule has 0 amide bonds. The van der Waals surface area contributed by atoms with Gasteiger partial charge in [0.1, 0.15) is 17.5 Å². The molecule has 0 spiro atoms. The lowest BCUT2D eigenvalue weighted by Gasteiger charge is -2.09. The molecule has 0 saturated carbocycles. The average Bonchev–Trinajstić information content (AvgIpc) is 2.96. The van der Waals surface area contributed by atoms with Gasteiger partial charge in [-0.25, -0.2) is 4.98 Å². The summed E-state index contributed by atoms with van der Waals surface area (Å²) in [5, 5.41) is 12.8. The summed E-state index contributed by atoms with van der Waals surface area (Å²) in [6, 6.07) is 3.53. The first-order valence-corrected chi connectivity index (χ1v) is 5.49. The zero-order valence-electron chi connectivity index (χ0n) is 9.03. The summed E-state index contributed by atoms with van der Waals surface area (Å²) in [6.07, 6.45) is 5.23. The maximum absolute atomic E-state index is 5.80. The number of rotatable bonds is 2. The second kappa shape index (κ2) is 3.81. The SMILES string of the molecule is CC(c1nnc2cc(Cl)ncn12)n1cccn1. The molecule has 3 aromatic rings. The van der Waals surface area contributed by atoms with Crippen molar-refractivity contribution in [1.29, 1.82) is 0 Å². The summed E-state index contributed by atoms with van der Waals surface area (Å²) < 4.78 is 3.61. The van der Waals surface area contributed by atoms with E-state index >= 15 is 0 Å². The molecule has 0 aliphatic carbocycles. The highest BCUT2D eigenvalue weighted by atomic mass is 35.5. The molecule has 3 heterocycles. The summed E-state index contributed by atoms with van der Waals surface area (Å²) in [7, 11) is 0. The van der Waals surface area contributed by atoms with E-state index in [1.807, 2.05) is 23.9 Å². The molecule has 1 unspecified atom stereocenters. The van der Waals surface area contributed by atoms with Crippen molar-refractivity contribution in [3.8, 4) is 0 Å². The first kappa shape index (κ1) is 10.2. The van der Waals surface area contributed by atoms with Crippen molar-refractivity contribution in [2.24, 2.45) is 0 Å². The topological polar surface area (TPSA) is 60.9 Å². The van der Waals surface area contributed by atoms with Gasteiger partial charge in [0, 0.05) is 18.5 Å². The number of hydrogen-bond donors (Lipinski definition) is 0. The Kier molecular flexibility index (Phi) is 2.29. The normalized spacial score (nSPS) is 13.1. The Morgan fingerprint density at radius 3 is 3.00 bits per heavy atom. The van der Waals surface area contributed by atoms with E-state index in [-0.39, 0.29) is 6.04 Å². The van der Waals surface area contributed by atoms with E-state index in [1.54, 1.807) is 23.0 Å². The molecule has 6 nitrogen and oxygen atoms in total. The van der Waals surface area contributed by atoms with Crippen LogP contribution in [-0.2, 0) is 0 Å². The smallest absolute Gasteiger partial charge is 0.165 e. The molecule has 7 heteroatoms. The van der Waals surface area contributed by atoms with E-state index in [0.29, 0.717) is 10.8 Å². The van der Waals surface area contributed by atoms with Crippen LogP contribution < -0.4 is 0 Å². The van der Waals surface area contributed by atoms with E-state index < -0.39 is 0 Å². The van der Waals surface area contributed by atoms with E-state index in [1.165, 1.54) is 0 Å². The summed E-state index contributed by atoms with van der Waals surface area (Å²) >= 11 is 5.80. The Morgan fingerprint density at radius 2 is 2.24 bits per heavy atom. The molecule has 3 rings (SSSR count). The van der Waals surface area contributed by atoms with E-state index in [0.717, 1.165) is 5.82 Å². The minimum absolute atomic E-state index is 0.0111. The van der Waals surface area contributed by atoms with Crippen molar-refractivity contribution in [1.82, 2.24) is 29.4 Å². The molecule has 17 heavy (non-hydrogen) atoms. The number of nitrogens with zero attached hydrogens (tertiary/aromatic N) is 6. The summed E-state index contributed by atoms with van der Waals surface area (Å²) in [6.45, 7) is 2.00. The average molecular weight is 249 g/mol. The molecule has 0 radical (unpaired) electrons. The van der Waals surface area contributed by atoms with E-state index in [4.69, 9.17) is 11.6 Å². The van der Waals surface area contributed by atoms with Gasteiger partial charge in [-0.1, -0.05) is 11.6 Å². The lowest BCUT2D eigenvalue weighted by molar-refractivity contribution is 0.531. The molecule has 0 N–H and O–H groups in total. The molecule has 0 fully saturated rings. The van der Waals surface area contributed by atoms with Crippen LogP contribution >= 0.6 is 11.6 Å². The van der Waals surface area contributed by atoms with Crippen molar-refractivity contribution in [2.75, 3.05) is 0 Å². The highest BCUT2D eigenvalue weighted by molar-refractivity contribution is 6.29. The molecule has 0 aliphatic heterocycles. The molecule has 86 valence electrons. The third kappa shape index (κ3) is 1.66. The highest BCUT2D eigenvalue weighted by Crippen LogP contribution is 2.16. The van der Waals surface area contributed by atoms with Gasteiger partial charge in [0.2, 0.25) is 0 Å². The van der Waals surface area contributed by atoms with Crippen molar-refractivity contribution in [3.05, 3.63) is 41.8 Å². The van der Waals surface area contributed by atoms with Gasteiger partial charge in [0.25, 0.3) is 0 Å². The number of aromatic nitrogens is 6. The van der Waals surface area contributed by atoms with E-state index in [2.05, 4.69) is 20.3 Å². The Labute approximate surface area is 102 Å². The Morgan fingerprint density at radius 1 is 1.35 bits per heavy atom. The fourth-order valence-electron chi connectivity index (χ4n) is 1.70. The van der Waals surface area contributed by atoms with Crippen LogP contribution in [0, 0.1) is 0 Å². The van der Waals surface area contributed by atoms with Crippen LogP contribution in [0.25, 0.3) is 5.65 Å². The van der Waals surface area contributed by atoms with Gasteiger partial charge < -0.3 is 0 Å². The third-order valence-corrected chi connectivity index (χ3v) is 2.80. The first-order valence-electron chi connectivity index (χ1n) is 5.11. The maximum Gasteiger partial charge on any atom is 0.165 e. The van der Waals surface area contributed by atoms with Crippen LogP contribution in [0.3, 0.4) is 0 Å². The lowest BCUT2D eigenvalue weighted by atomic mass is 10.3. The largest absolute Gasteiger partial charge is 0.267 e. The zero-order valence-corrected chi connectivity index (χ0v) is 9.78. The summed E-state index contributed by atoms with van der Waals surface area (Å²) in [5.74, 6) is 0.771. The van der Waals surface area contributed by atoms with Crippen molar-refractivity contribution in [2.45, 2.75) is 13.0 Å². The molecule has 3 aromatic heterocycles.